The van der Waals surface area contributed by atoms with Crippen molar-refractivity contribution in [2.45, 2.75) is 39.3 Å². The van der Waals surface area contributed by atoms with Gasteiger partial charge in [-0.05, 0) is 39.8 Å². The van der Waals surface area contributed by atoms with Crippen molar-refractivity contribution in [3.63, 3.8) is 0 Å². The molecule has 9 heteroatoms. The van der Waals surface area contributed by atoms with Gasteiger partial charge in [-0.1, -0.05) is 0 Å². The van der Waals surface area contributed by atoms with Crippen molar-refractivity contribution in [2.75, 3.05) is 6.54 Å². The number of hydrogen-bond donors (Lipinski definition) is 2. The summed E-state index contributed by atoms with van der Waals surface area (Å²) in [4.78, 5) is 4.19. The van der Waals surface area contributed by atoms with Crippen LogP contribution in [0.2, 0.25) is 0 Å². The maximum Gasteiger partial charge on any atom is 0.274 e. The second kappa shape index (κ2) is 6.49. The Bertz CT molecular complexity index is 997. The quantitative estimate of drug-likeness (QED) is 0.697. The lowest BCUT2D eigenvalue weighted by Crippen LogP contribution is -2.27. The maximum absolute atomic E-state index is 12.4. The van der Waals surface area contributed by atoms with E-state index >= 15 is 0 Å². The predicted molar refractivity (Wildman–Crippen MR) is 92.7 cm³/mol. The second-order valence-corrected chi connectivity index (χ2v) is 7.65. The number of H-pyrrole nitrogens is 1. The first kappa shape index (κ1) is 17.4. The van der Waals surface area contributed by atoms with Gasteiger partial charge < -0.3 is 8.98 Å². The first-order valence-corrected chi connectivity index (χ1v) is 9.37. The van der Waals surface area contributed by atoms with Crippen molar-refractivity contribution in [2.24, 2.45) is 0 Å². The van der Waals surface area contributed by atoms with Crippen LogP contribution in [0.4, 0.5) is 0 Å². The molecule has 0 spiro atoms. The lowest BCUT2D eigenvalue weighted by Gasteiger charge is -2.07. The third-order valence-corrected chi connectivity index (χ3v) is 5.66. The minimum Gasteiger partial charge on any atom is -0.442 e. The summed E-state index contributed by atoms with van der Waals surface area (Å²) in [7, 11) is -3.72. The Balaban J connectivity index is 1.70. The Hall–Kier alpha value is -2.39. The fourth-order valence-electron chi connectivity index (χ4n) is 2.46. The van der Waals surface area contributed by atoms with Crippen LogP contribution in [0.15, 0.2) is 28.0 Å². The van der Waals surface area contributed by atoms with Crippen LogP contribution in [0.1, 0.15) is 22.6 Å². The molecule has 0 aliphatic carbocycles. The van der Waals surface area contributed by atoms with Crippen molar-refractivity contribution < 1.29 is 12.8 Å². The van der Waals surface area contributed by atoms with Crippen LogP contribution in [0.3, 0.4) is 0 Å². The number of sulfonamides is 1. The van der Waals surface area contributed by atoms with Crippen LogP contribution in [-0.2, 0) is 16.6 Å². The molecule has 0 aliphatic heterocycles. The molecule has 3 heterocycles. The van der Waals surface area contributed by atoms with Gasteiger partial charge in [-0.2, -0.15) is 5.10 Å². The first-order valence-electron chi connectivity index (χ1n) is 7.89. The van der Waals surface area contributed by atoms with E-state index in [0.29, 0.717) is 18.0 Å². The molecule has 0 unspecified atom stereocenters. The summed E-state index contributed by atoms with van der Waals surface area (Å²) in [6.07, 6.45) is 1.70. The Morgan fingerprint density at radius 3 is 2.60 bits per heavy atom. The standard InChI is InChI=1S/C16H21N5O3S/c1-10-11(2)19-20-16(10)14-5-6-15(24-14)25(22,23)18-7-8-21-9-17-12(3)13(21)4/h5-6,9,18H,7-8H2,1-4H3,(H,19,20). The number of aryl methyl sites for hydroxylation is 2. The highest BCUT2D eigenvalue weighted by atomic mass is 32.2. The van der Waals surface area contributed by atoms with Crippen molar-refractivity contribution >= 4 is 10.0 Å². The summed E-state index contributed by atoms with van der Waals surface area (Å²) in [5.74, 6) is 0.420. The molecule has 134 valence electrons. The topological polar surface area (TPSA) is 106 Å². The van der Waals surface area contributed by atoms with Gasteiger partial charge in [0.2, 0.25) is 5.09 Å². The van der Waals surface area contributed by atoms with Gasteiger partial charge in [-0.25, -0.2) is 18.1 Å². The Labute approximate surface area is 146 Å². The SMILES string of the molecule is Cc1ncn(CCNS(=O)(=O)c2ccc(-c3n[nH]c(C)c3C)o2)c1C. The number of hydrogen-bond acceptors (Lipinski definition) is 5. The maximum atomic E-state index is 12.4. The fraction of sp³-hybridized carbons (Fsp3) is 0.375. The van der Waals surface area contributed by atoms with Crippen LogP contribution in [0.5, 0.6) is 0 Å². The molecule has 0 aromatic carbocycles. The zero-order valence-electron chi connectivity index (χ0n) is 14.6. The molecular formula is C16H21N5O3S. The number of furan rings is 1. The van der Waals surface area contributed by atoms with Crippen LogP contribution < -0.4 is 4.72 Å². The summed E-state index contributed by atoms with van der Waals surface area (Å²) in [6, 6.07) is 3.05. The van der Waals surface area contributed by atoms with Crippen LogP contribution >= 0.6 is 0 Å². The molecule has 0 saturated carbocycles. The Morgan fingerprint density at radius 1 is 1.24 bits per heavy atom. The minimum absolute atomic E-state index is 0.124. The molecule has 3 rings (SSSR count). The largest absolute Gasteiger partial charge is 0.442 e. The van der Waals surface area contributed by atoms with Gasteiger partial charge in [-0.15, -0.1) is 0 Å². The molecule has 2 N–H and O–H groups in total. The van der Waals surface area contributed by atoms with Crippen LogP contribution in [0, 0.1) is 27.7 Å². The van der Waals surface area contributed by atoms with E-state index in [9.17, 15) is 8.42 Å². The zero-order valence-corrected chi connectivity index (χ0v) is 15.4. The number of nitrogens with zero attached hydrogens (tertiary/aromatic N) is 3. The van der Waals surface area contributed by atoms with Crippen LogP contribution in [-0.4, -0.2) is 34.7 Å². The minimum atomic E-state index is -3.72. The fourth-order valence-corrected chi connectivity index (χ4v) is 3.41. The summed E-state index contributed by atoms with van der Waals surface area (Å²) in [6.45, 7) is 8.40. The van der Waals surface area contributed by atoms with Gasteiger partial charge in [0.05, 0.1) is 12.0 Å². The van der Waals surface area contributed by atoms with E-state index in [2.05, 4.69) is 19.9 Å². The van der Waals surface area contributed by atoms with E-state index in [1.165, 1.54) is 6.07 Å². The molecule has 0 aliphatic rings. The van der Waals surface area contributed by atoms with Gasteiger partial charge in [0, 0.05) is 30.0 Å². The van der Waals surface area contributed by atoms with E-state index in [1.54, 1.807) is 12.4 Å². The average molecular weight is 363 g/mol. The van der Waals surface area contributed by atoms with Crippen molar-refractivity contribution in [3.05, 3.63) is 41.1 Å². The van der Waals surface area contributed by atoms with Gasteiger partial charge in [0.1, 0.15) is 5.69 Å². The van der Waals surface area contributed by atoms with Gasteiger partial charge >= 0.3 is 0 Å². The van der Waals surface area contributed by atoms with E-state index in [-0.39, 0.29) is 11.6 Å². The highest BCUT2D eigenvalue weighted by molar-refractivity contribution is 7.89. The molecule has 0 atom stereocenters. The van der Waals surface area contributed by atoms with E-state index < -0.39 is 10.0 Å². The molecule has 0 bridgehead atoms. The summed E-state index contributed by atoms with van der Waals surface area (Å²) in [5.41, 5.74) is 4.41. The molecule has 0 amide bonds. The number of rotatable bonds is 6. The Morgan fingerprint density at radius 2 is 2.00 bits per heavy atom. The van der Waals surface area contributed by atoms with Gasteiger partial charge in [0.25, 0.3) is 10.0 Å². The highest BCUT2D eigenvalue weighted by Gasteiger charge is 2.21. The lowest BCUT2D eigenvalue weighted by atomic mass is 10.2. The van der Waals surface area contributed by atoms with Crippen LogP contribution in [0.25, 0.3) is 11.5 Å². The molecular weight excluding hydrogens is 342 g/mol. The smallest absolute Gasteiger partial charge is 0.274 e. The number of imidazole rings is 1. The third kappa shape index (κ3) is 3.38. The summed E-state index contributed by atoms with van der Waals surface area (Å²) in [5, 5.41) is 6.89. The summed E-state index contributed by atoms with van der Waals surface area (Å²) >= 11 is 0. The lowest BCUT2D eigenvalue weighted by molar-refractivity contribution is 0.453. The van der Waals surface area contributed by atoms with E-state index in [1.807, 2.05) is 32.3 Å². The summed E-state index contributed by atoms with van der Waals surface area (Å²) < 4.78 is 34.7. The average Bonchev–Trinajstić information content (AvgIpc) is 3.25. The predicted octanol–water partition coefficient (Wildman–Crippen LogP) is 2.08. The zero-order chi connectivity index (χ0) is 18.2. The van der Waals surface area contributed by atoms with Gasteiger partial charge in [-0.3, -0.25) is 5.10 Å². The van der Waals surface area contributed by atoms with Gasteiger partial charge in [0.15, 0.2) is 5.76 Å². The molecule has 0 saturated heterocycles. The van der Waals surface area contributed by atoms with E-state index in [0.717, 1.165) is 22.6 Å². The molecule has 3 aromatic heterocycles. The number of aromatic nitrogens is 4. The number of nitrogens with one attached hydrogen (secondary N) is 2. The van der Waals surface area contributed by atoms with Crippen molar-refractivity contribution in [1.82, 2.24) is 24.5 Å². The highest BCUT2D eigenvalue weighted by Crippen LogP contribution is 2.26. The molecule has 0 fully saturated rings. The number of aromatic amines is 1. The third-order valence-electron chi connectivity index (χ3n) is 4.32. The molecule has 25 heavy (non-hydrogen) atoms. The molecule has 8 nitrogen and oxygen atoms in total. The van der Waals surface area contributed by atoms with E-state index in [4.69, 9.17) is 4.42 Å². The van der Waals surface area contributed by atoms with Crippen molar-refractivity contribution in [3.8, 4) is 11.5 Å². The second-order valence-electron chi connectivity index (χ2n) is 5.95. The van der Waals surface area contributed by atoms with Crippen molar-refractivity contribution in [1.29, 1.82) is 0 Å². The Kier molecular flexibility index (Phi) is 4.53. The molecule has 0 radical (unpaired) electrons. The molecule has 3 aromatic rings. The first-order chi connectivity index (χ1) is 11.8. The normalized spacial score (nSPS) is 12.0. The monoisotopic (exact) mass is 363 g/mol.